The Morgan fingerprint density at radius 2 is 2.25 bits per heavy atom. The maximum atomic E-state index is 12.4. The van der Waals surface area contributed by atoms with Gasteiger partial charge in [-0.1, -0.05) is 5.16 Å². The molecule has 2 rings (SSSR count). The van der Waals surface area contributed by atoms with Crippen molar-refractivity contribution in [3.05, 3.63) is 16.5 Å². The van der Waals surface area contributed by atoms with E-state index < -0.39 is 0 Å². The molecule has 1 aliphatic rings. The maximum absolute atomic E-state index is 12.4. The lowest BCUT2D eigenvalue weighted by Crippen LogP contribution is -2.46. The van der Waals surface area contributed by atoms with Crippen molar-refractivity contribution in [3.63, 3.8) is 0 Å². The summed E-state index contributed by atoms with van der Waals surface area (Å²) in [7, 11) is 0. The number of likely N-dealkylation sites (tertiary alicyclic amines) is 1. The standard InChI is InChI=1S/C15H23ClN4O3.ClH/c1-10-12(14(16)23-19-10)4-5-13(21)20-8-2-3-11(9-20)15(22)18-7-6-17;/h11H,2-9,17H2,1H3,(H,18,22);1H. The Morgan fingerprint density at radius 1 is 1.50 bits per heavy atom. The van der Waals surface area contributed by atoms with Gasteiger partial charge in [0.25, 0.3) is 0 Å². The van der Waals surface area contributed by atoms with Gasteiger partial charge in [0.2, 0.25) is 17.0 Å². The Labute approximate surface area is 152 Å². The third-order valence-electron chi connectivity index (χ3n) is 4.11. The van der Waals surface area contributed by atoms with Crippen LogP contribution in [0, 0.1) is 12.8 Å². The summed E-state index contributed by atoms with van der Waals surface area (Å²) in [5.41, 5.74) is 6.87. The quantitative estimate of drug-likeness (QED) is 0.776. The Balaban J connectivity index is 0.00000288. The molecule has 9 heteroatoms. The van der Waals surface area contributed by atoms with Gasteiger partial charge in [-0.15, -0.1) is 12.4 Å². The molecule has 2 heterocycles. The molecule has 1 unspecified atom stereocenters. The highest BCUT2D eigenvalue weighted by Crippen LogP contribution is 2.22. The van der Waals surface area contributed by atoms with Crippen LogP contribution >= 0.6 is 24.0 Å². The Bertz CT molecular complexity index is 545. The van der Waals surface area contributed by atoms with Crippen LogP contribution in [0.1, 0.15) is 30.5 Å². The minimum atomic E-state index is -0.153. The summed E-state index contributed by atoms with van der Waals surface area (Å²) in [6.45, 7) is 3.84. The Kier molecular flexibility index (Phi) is 8.52. The van der Waals surface area contributed by atoms with Crippen molar-refractivity contribution >= 4 is 35.8 Å². The highest BCUT2D eigenvalue weighted by atomic mass is 35.5. The van der Waals surface area contributed by atoms with Crippen molar-refractivity contribution in [2.75, 3.05) is 26.2 Å². The molecule has 2 amide bonds. The van der Waals surface area contributed by atoms with Crippen molar-refractivity contribution in [1.82, 2.24) is 15.4 Å². The molecule has 0 aromatic carbocycles. The number of halogens is 2. The van der Waals surface area contributed by atoms with E-state index in [1.165, 1.54) is 0 Å². The molecular formula is C15H24Cl2N4O3. The zero-order valence-corrected chi connectivity index (χ0v) is 15.3. The zero-order valence-electron chi connectivity index (χ0n) is 13.7. The van der Waals surface area contributed by atoms with E-state index in [0.29, 0.717) is 44.7 Å². The summed E-state index contributed by atoms with van der Waals surface area (Å²) >= 11 is 5.91. The van der Waals surface area contributed by atoms with E-state index >= 15 is 0 Å². The first-order valence-corrected chi connectivity index (χ1v) is 8.27. The van der Waals surface area contributed by atoms with Crippen LogP contribution in [0.4, 0.5) is 0 Å². The molecule has 1 aromatic rings. The number of nitrogens with one attached hydrogen (secondary N) is 1. The first-order valence-electron chi connectivity index (χ1n) is 7.89. The lowest BCUT2D eigenvalue weighted by Gasteiger charge is -2.32. The molecule has 7 nitrogen and oxygen atoms in total. The van der Waals surface area contributed by atoms with E-state index in [9.17, 15) is 9.59 Å². The number of amides is 2. The van der Waals surface area contributed by atoms with Gasteiger partial charge in [0.05, 0.1) is 11.6 Å². The number of hydrogen-bond donors (Lipinski definition) is 2. The highest BCUT2D eigenvalue weighted by molar-refractivity contribution is 6.29. The third kappa shape index (κ3) is 5.36. The Morgan fingerprint density at radius 3 is 2.88 bits per heavy atom. The van der Waals surface area contributed by atoms with E-state index in [1.54, 1.807) is 11.8 Å². The zero-order chi connectivity index (χ0) is 16.8. The molecular weight excluding hydrogens is 355 g/mol. The highest BCUT2D eigenvalue weighted by Gasteiger charge is 2.28. The lowest BCUT2D eigenvalue weighted by molar-refractivity contribution is -0.135. The SMILES string of the molecule is Cc1noc(Cl)c1CCC(=O)N1CCCC(C(=O)NCCN)C1.Cl. The van der Waals surface area contributed by atoms with Gasteiger partial charge in [-0.05, 0) is 37.8 Å². The fraction of sp³-hybridized carbons (Fsp3) is 0.667. The molecule has 0 aliphatic carbocycles. The fourth-order valence-electron chi connectivity index (χ4n) is 2.79. The number of carbonyl (C=O) groups excluding carboxylic acids is 2. The molecule has 1 aliphatic heterocycles. The smallest absolute Gasteiger partial charge is 0.229 e. The van der Waals surface area contributed by atoms with Gasteiger partial charge in [0.1, 0.15) is 0 Å². The average Bonchev–Trinajstić information content (AvgIpc) is 2.88. The second kappa shape index (κ2) is 9.86. The number of hydrogen-bond acceptors (Lipinski definition) is 5. The maximum Gasteiger partial charge on any atom is 0.229 e. The number of nitrogens with zero attached hydrogens (tertiary/aromatic N) is 2. The van der Waals surface area contributed by atoms with Gasteiger partial charge >= 0.3 is 0 Å². The van der Waals surface area contributed by atoms with Gasteiger partial charge in [0, 0.05) is 38.2 Å². The van der Waals surface area contributed by atoms with E-state index in [4.69, 9.17) is 21.9 Å². The van der Waals surface area contributed by atoms with Crippen molar-refractivity contribution in [2.45, 2.75) is 32.6 Å². The molecule has 1 fully saturated rings. The van der Waals surface area contributed by atoms with Crippen LogP contribution in [0.25, 0.3) is 0 Å². The second-order valence-corrected chi connectivity index (χ2v) is 6.12. The van der Waals surface area contributed by atoms with Crippen LogP contribution in [0.15, 0.2) is 4.52 Å². The predicted octanol–water partition coefficient (Wildman–Crippen LogP) is 1.30. The third-order valence-corrected chi connectivity index (χ3v) is 4.41. The van der Waals surface area contributed by atoms with E-state index in [0.717, 1.165) is 18.4 Å². The number of aryl methyl sites for hydroxylation is 1. The predicted molar refractivity (Wildman–Crippen MR) is 93.2 cm³/mol. The number of aromatic nitrogens is 1. The minimum absolute atomic E-state index is 0. The van der Waals surface area contributed by atoms with Crippen LogP contribution in [-0.4, -0.2) is 48.0 Å². The molecule has 136 valence electrons. The van der Waals surface area contributed by atoms with Crippen LogP contribution in [-0.2, 0) is 16.0 Å². The molecule has 24 heavy (non-hydrogen) atoms. The number of piperidine rings is 1. The van der Waals surface area contributed by atoms with Gasteiger partial charge in [-0.3, -0.25) is 9.59 Å². The van der Waals surface area contributed by atoms with Gasteiger partial charge in [-0.25, -0.2) is 0 Å². The number of nitrogens with two attached hydrogens (primary N) is 1. The van der Waals surface area contributed by atoms with Crippen molar-refractivity contribution in [2.24, 2.45) is 11.7 Å². The van der Waals surface area contributed by atoms with Crippen molar-refractivity contribution < 1.29 is 14.1 Å². The summed E-state index contributed by atoms with van der Waals surface area (Å²) in [6, 6.07) is 0. The molecule has 1 atom stereocenters. The molecule has 3 N–H and O–H groups in total. The summed E-state index contributed by atoms with van der Waals surface area (Å²) in [4.78, 5) is 26.2. The normalized spacial score (nSPS) is 17.3. The molecule has 1 aromatic heterocycles. The molecule has 1 saturated heterocycles. The largest absolute Gasteiger partial charge is 0.355 e. The van der Waals surface area contributed by atoms with Crippen molar-refractivity contribution in [3.8, 4) is 0 Å². The summed E-state index contributed by atoms with van der Waals surface area (Å²) in [5, 5.41) is 6.81. The molecule has 0 radical (unpaired) electrons. The lowest BCUT2D eigenvalue weighted by atomic mass is 9.96. The summed E-state index contributed by atoms with van der Waals surface area (Å²) in [6.07, 6.45) is 2.46. The summed E-state index contributed by atoms with van der Waals surface area (Å²) < 4.78 is 4.89. The van der Waals surface area contributed by atoms with E-state index in [2.05, 4.69) is 10.5 Å². The van der Waals surface area contributed by atoms with Crippen LogP contribution < -0.4 is 11.1 Å². The van der Waals surface area contributed by atoms with Crippen LogP contribution in [0.5, 0.6) is 0 Å². The monoisotopic (exact) mass is 378 g/mol. The Hall–Kier alpha value is -1.31. The minimum Gasteiger partial charge on any atom is -0.355 e. The topological polar surface area (TPSA) is 101 Å². The average molecular weight is 379 g/mol. The van der Waals surface area contributed by atoms with Crippen molar-refractivity contribution in [1.29, 1.82) is 0 Å². The molecule has 0 spiro atoms. The van der Waals surface area contributed by atoms with Crippen LogP contribution in [0.2, 0.25) is 5.22 Å². The van der Waals surface area contributed by atoms with Crippen LogP contribution in [0.3, 0.4) is 0 Å². The van der Waals surface area contributed by atoms with E-state index in [1.807, 2.05) is 0 Å². The first-order chi connectivity index (χ1) is 11.0. The van der Waals surface area contributed by atoms with Gasteiger partial charge in [-0.2, -0.15) is 0 Å². The van der Waals surface area contributed by atoms with Gasteiger partial charge < -0.3 is 20.5 Å². The summed E-state index contributed by atoms with van der Waals surface area (Å²) in [5.74, 6) is -0.149. The fourth-order valence-corrected chi connectivity index (χ4v) is 3.05. The molecule has 0 bridgehead atoms. The number of carbonyl (C=O) groups is 2. The first kappa shape index (κ1) is 20.7. The number of rotatable bonds is 6. The van der Waals surface area contributed by atoms with E-state index in [-0.39, 0.29) is 35.4 Å². The molecule has 0 saturated carbocycles. The van der Waals surface area contributed by atoms with Gasteiger partial charge in [0.15, 0.2) is 0 Å². The second-order valence-electron chi connectivity index (χ2n) is 5.78.